The second-order valence-corrected chi connectivity index (χ2v) is 5.54. The first-order chi connectivity index (χ1) is 7.68. The zero-order valence-electron chi connectivity index (χ0n) is 8.99. The van der Waals surface area contributed by atoms with Crippen molar-refractivity contribution in [1.82, 2.24) is 9.61 Å². The van der Waals surface area contributed by atoms with Crippen molar-refractivity contribution in [3.63, 3.8) is 0 Å². The van der Waals surface area contributed by atoms with Crippen LogP contribution in [-0.4, -0.2) is 15.2 Å². The van der Waals surface area contributed by atoms with Crippen LogP contribution in [0.3, 0.4) is 0 Å². The molecule has 0 radical (unpaired) electrons. The van der Waals surface area contributed by atoms with Gasteiger partial charge in [0.15, 0.2) is 0 Å². The number of nitrogens with two attached hydrogens (primary N) is 1. The standard InChI is InChI=1S/C12H14BrN3/c13-10-2-1-7-16-11(10)9(8-15-16)3-4-12(14)5-6-12/h1-2,7-8H,3-6,14H2. The van der Waals surface area contributed by atoms with Crippen molar-refractivity contribution in [3.8, 4) is 0 Å². The number of nitrogens with zero attached hydrogens (tertiary/aromatic N) is 2. The first kappa shape index (κ1) is 10.3. The van der Waals surface area contributed by atoms with Crippen molar-refractivity contribution >= 4 is 21.4 Å². The Balaban J connectivity index is 1.91. The number of aryl methyl sites for hydroxylation is 1. The predicted molar refractivity (Wildman–Crippen MR) is 67.4 cm³/mol. The van der Waals surface area contributed by atoms with E-state index in [1.807, 2.05) is 23.0 Å². The minimum Gasteiger partial charge on any atom is -0.325 e. The van der Waals surface area contributed by atoms with Gasteiger partial charge in [-0.1, -0.05) is 0 Å². The summed E-state index contributed by atoms with van der Waals surface area (Å²) < 4.78 is 3.01. The molecule has 1 fully saturated rings. The van der Waals surface area contributed by atoms with Crippen molar-refractivity contribution in [3.05, 3.63) is 34.6 Å². The van der Waals surface area contributed by atoms with Gasteiger partial charge in [0.1, 0.15) is 0 Å². The number of hydrogen-bond acceptors (Lipinski definition) is 2. The van der Waals surface area contributed by atoms with Gasteiger partial charge in [0.2, 0.25) is 0 Å². The van der Waals surface area contributed by atoms with Crippen molar-refractivity contribution in [1.29, 1.82) is 0 Å². The molecule has 0 aliphatic heterocycles. The smallest absolute Gasteiger partial charge is 0.0835 e. The van der Waals surface area contributed by atoms with Gasteiger partial charge in [-0.25, -0.2) is 4.52 Å². The molecule has 0 saturated heterocycles. The molecule has 1 aliphatic rings. The first-order valence-corrected chi connectivity index (χ1v) is 6.37. The highest BCUT2D eigenvalue weighted by Gasteiger charge is 2.37. The van der Waals surface area contributed by atoms with Gasteiger partial charge in [-0.2, -0.15) is 5.10 Å². The Kier molecular flexibility index (Phi) is 2.30. The summed E-state index contributed by atoms with van der Waals surface area (Å²) in [5.41, 5.74) is 8.68. The Hall–Kier alpha value is -0.870. The largest absolute Gasteiger partial charge is 0.325 e. The fourth-order valence-electron chi connectivity index (χ4n) is 2.04. The molecule has 3 nitrogen and oxygen atoms in total. The Morgan fingerprint density at radius 3 is 3.06 bits per heavy atom. The quantitative estimate of drug-likeness (QED) is 0.938. The summed E-state index contributed by atoms with van der Waals surface area (Å²) in [5.74, 6) is 0. The van der Waals surface area contributed by atoms with E-state index in [2.05, 4.69) is 27.1 Å². The van der Waals surface area contributed by atoms with Gasteiger partial charge < -0.3 is 5.73 Å². The van der Waals surface area contributed by atoms with Crippen molar-refractivity contribution in [2.24, 2.45) is 5.73 Å². The third-order valence-corrected chi connectivity index (χ3v) is 3.99. The van der Waals surface area contributed by atoms with Crippen LogP contribution in [0.5, 0.6) is 0 Å². The number of aromatic nitrogens is 2. The molecule has 0 amide bonds. The summed E-state index contributed by atoms with van der Waals surface area (Å²) in [6, 6.07) is 4.04. The van der Waals surface area contributed by atoms with Crippen LogP contribution in [0.25, 0.3) is 5.52 Å². The van der Waals surface area contributed by atoms with Crippen molar-refractivity contribution in [2.45, 2.75) is 31.2 Å². The molecule has 2 N–H and O–H groups in total. The van der Waals surface area contributed by atoms with Gasteiger partial charge in [-0.15, -0.1) is 0 Å². The maximum absolute atomic E-state index is 6.11. The lowest BCUT2D eigenvalue weighted by atomic mass is 10.1. The molecule has 0 spiro atoms. The lowest BCUT2D eigenvalue weighted by molar-refractivity contribution is 0.610. The highest BCUT2D eigenvalue weighted by atomic mass is 79.9. The highest BCUT2D eigenvalue weighted by molar-refractivity contribution is 9.10. The van der Waals surface area contributed by atoms with Crippen LogP contribution in [0.1, 0.15) is 24.8 Å². The molecule has 0 bridgehead atoms. The average Bonchev–Trinajstić information content (AvgIpc) is 2.86. The highest BCUT2D eigenvalue weighted by Crippen LogP contribution is 2.37. The molecule has 4 heteroatoms. The van der Waals surface area contributed by atoms with Crippen LogP contribution in [0.15, 0.2) is 29.0 Å². The molecule has 2 aromatic rings. The number of fused-ring (bicyclic) bond motifs is 1. The van der Waals surface area contributed by atoms with Gasteiger partial charge in [0.25, 0.3) is 0 Å². The molecule has 0 aromatic carbocycles. The fourth-order valence-corrected chi connectivity index (χ4v) is 2.63. The number of halogens is 1. The van der Waals surface area contributed by atoms with E-state index >= 15 is 0 Å². The zero-order valence-corrected chi connectivity index (χ0v) is 10.6. The van der Waals surface area contributed by atoms with Crippen LogP contribution >= 0.6 is 15.9 Å². The molecular weight excluding hydrogens is 266 g/mol. The SMILES string of the molecule is NC1(CCc2cnn3cccc(Br)c23)CC1. The zero-order chi connectivity index (χ0) is 11.2. The summed E-state index contributed by atoms with van der Waals surface area (Å²) in [6.07, 6.45) is 8.35. The summed E-state index contributed by atoms with van der Waals surface area (Å²) >= 11 is 3.57. The van der Waals surface area contributed by atoms with E-state index in [9.17, 15) is 0 Å². The Morgan fingerprint density at radius 1 is 1.50 bits per heavy atom. The van der Waals surface area contributed by atoms with E-state index in [0.29, 0.717) is 0 Å². The number of pyridine rings is 1. The molecule has 1 aliphatic carbocycles. The Labute approximate surface area is 103 Å². The maximum Gasteiger partial charge on any atom is 0.0835 e. The van der Waals surface area contributed by atoms with Gasteiger partial charge >= 0.3 is 0 Å². The van der Waals surface area contributed by atoms with E-state index in [1.165, 1.54) is 23.9 Å². The minimum absolute atomic E-state index is 0.121. The Bertz CT molecular complexity index is 528. The lowest BCUT2D eigenvalue weighted by Gasteiger charge is -2.07. The third kappa shape index (κ3) is 1.76. The molecule has 2 aromatic heterocycles. The van der Waals surface area contributed by atoms with Gasteiger partial charge in [0, 0.05) is 16.2 Å². The number of rotatable bonds is 3. The van der Waals surface area contributed by atoms with Crippen LogP contribution < -0.4 is 5.73 Å². The molecule has 1 saturated carbocycles. The fraction of sp³-hybridized carbons (Fsp3) is 0.417. The molecule has 16 heavy (non-hydrogen) atoms. The van der Waals surface area contributed by atoms with Crippen LogP contribution in [0, 0.1) is 0 Å². The molecule has 0 atom stereocenters. The average molecular weight is 280 g/mol. The van der Waals surface area contributed by atoms with E-state index in [1.54, 1.807) is 0 Å². The van der Waals surface area contributed by atoms with Gasteiger partial charge in [0.05, 0.1) is 11.7 Å². The topological polar surface area (TPSA) is 43.3 Å². The molecule has 84 valence electrons. The minimum atomic E-state index is 0.121. The van der Waals surface area contributed by atoms with E-state index < -0.39 is 0 Å². The predicted octanol–water partition coefficient (Wildman–Crippen LogP) is 2.52. The number of hydrogen-bond donors (Lipinski definition) is 1. The second kappa shape index (κ2) is 3.57. The van der Waals surface area contributed by atoms with Crippen molar-refractivity contribution < 1.29 is 0 Å². The van der Waals surface area contributed by atoms with Gasteiger partial charge in [-0.05, 0) is 59.3 Å². The summed E-state index contributed by atoms with van der Waals surface area (Å²) in [7, 11) is 0. The van der Waals surface area contributed by atoms with Crippen LogP contribution in [0.2, 0.25) is 0 Å². The van der Waals surface area contributed by atoms with Crippen LogP contribution in [-0.2, 0) is 6.42 Å². The monoisotopic (exact) mass is 279 g/mol. The maximum atomic E-state index is 6.11. The third-order valence-electron chi connectivity index (χ3n) is 3.35. The molecule has 3 rings (SSSR count). The van der Waals surface area contributed by atoms with Crippen LogP contribution in [0.4, 0.5) is 0 Å². The second-order valence-electron chi connectivity index (χ2n) is 4.68. The Morgan fingerprint density at radius 2 is 2.31 bits per heavy atom. The summed E-state index contributed by atoms with van der Waals surface area (Å²) in [5, 5.41) is 4.35. The van der Waals surface area contributed by atoms with Gasteiger partial charge in [-0.3, -0.25) is 0 Å². The summed E-state index contributed by atoms with van der Waals surface area (Å²) in [6.45, 7) is 0. The molecular formula is C12H14BrN3. The molecule has 2 heterocycles. The summed E-state index contributed by atoms with van der Waals surface area (Å²) in [4.78, 5) is 0. The normalized spacial score (nSPS) is 17.9. The molecule has 0 unspecified atom stereocenters. The first-order valence-electron chi connectivity index (χ1n) is 5.58. The van der Waals surface area contributed by atoms with Crippen molar-refractivity contribution in [2.75, 3.05) is 0 Å². The lowest BCUT2D eigenvalue weighted by Crippen LogP contribution is -2.22. The van der Waals surface area contributed by atoms with E-state index in [0.717, 1.165) is 17.3 Å². The van der Waals surface area contributed by atoms with E-state index in [4.69, 9.17) is 5.73 Å². The van der Waals surface area contributed by atoms with E-state index in [-0.39, 0.29) is 5.54 Å².